The van der Waals surface area contributed by atoms with E-state index in [9.17, 15) is 14.5 Å². The molecule has 0 rings (SSSR count). The van der Waals surface area contributed by atoms with Crippen LogP contribution in [0.25, 0.3) is 0 Å². The summed E-state index contributed by atoms with van der Waals surface area (Å²) < 4.78 is 23.2. The first-order valence-corrected chi connectivity index (χ1v) is 9.13. The van der Waals surface area contributed by atoms with Crippen LogP contribution < -0.4 is 0 Å². The molecule has 146 valence electrons. The second kappa shape index (κ2) is 8.81. The van der Waals surface area contributed by atoms with Gasteiger partial charge < -0.3 is 0 Å². The Morgan fingerprint density at radius 3 is 1.76 bits per heavy atom. The summed E-state index contributed by atoms with van der Waals surface area (Å²) in [7, 11) is -0.313. The molecular formula is C17H32NO6P. The van der Waals surface area contributed by atoms with Crippen molar-refractivity contribution >= 4 is 13.9 Å². The van der Waals surface area contributed by atoms with E-state index in [4.69, 9.17) is 14.3 Å². The number of aliphatic carboxylic acids is 1. The van der Waals surface area contributed by atoms with Gasteiger partial charge >= 0.3 is 151 Å². The number of hydrogen-bond donors (Lipinski definition) is 1. The summed E-state index contributed by atoms with van der Waals surface area (Å²) in [6.45, 7) is 16.1. The zero-order chi connectivity index (χ0) is 20.1. The van der Waals surface area contributed by atoms with Gasteiger partial charge in [0.1, 0.15) is 0 Å². The summed E-state index contributed by atoms with van der Waals surface area (Å²) in [6, 6.07) is 0. The summed E-state index contributed by atoms with van der Waals surface area (Å²) in [4.78, 5) is 17.5. The number of hydroxylamine groups is 2. The molecule has 0 aliphatic rings. The van der Waals surface area contributed by atoms with Gasteiger partial charge in [-0.3, -0.25) is 0 Å². The minimum absolute atomic E-state index is 0.268. The second-order valence-corrected chi connectivity index (χ2v) is 8.05. The Hall–Kier alpha value is -0.680. The van der Waals surface area contributed by atoms with Crippen molar-refractivity contribution in [2.24, 2.45) is 5.41 Å². The molecule has 0 aromatic rings. The molecule has 0 spiro atoms. The van der Waals surface area contributed by atoms with Gasteiger partial charge in [0.05, 0.1) is 0 Å². The molecule has 0 aliphatic carbocycles. The zero-order valence-electron chi connectivity index (χ0n) is 16.8. The summed E-state index contributed by atoms with van der Waals surface area (Å²) in [5.41, 5.74) is -0.441. The molecule has 25 heavy (non-hydrogen) atoms. The standard InChI is InChI=1S/C17H32NO6P/c1-10-22-17(23-11-2,15(6,7)12-25-21)18(14(3,4)5)24-16(8,9)13(19)20/h10-11H2,1-9H3,(H,19,20). The molecule has 0 atom stereocenters. The Morgan fingerprint density at radius 1 is 1.04 bits per heavy atom. The van der Waals surface area contributed by atoms with Crippen LogP contribution in [0, 0.1) is 11.0 Å². The maximum atomic E-state index is 11.6. The van der Waals surface area contributed by atoms with Gasteiger partial charge in [-0.1, -0.05) is 0 Å². The van der Waals surface area contributed by atoms with Crippen LogP contribution in [-0.2, 0) is 23.7 Å². The van der Waals surface area contributed by atoms with Crippen LogP contribution in [0.2, 0.25) is 0 Å². The Bertz CT molecular complexity index is 555. The maximum absolute atomic E-state index is 11.6. The Kier molecular flexibility index (Phi) is 8.57. The summed E-state index contributed by atoms with van der Waals surface area (Å²) in [5, 5.41) is 10.9. The van der Waals surface area contributed by atoms with Gasteiger partial charge in [0.15, 0.2) is 0 Å². The fourth-order valence-corrected chi connectivity index (χ4v) is 2.63. The molecule has 0 fully saturated rings. The van der Waals surface area contributed by atoms with Gasteiger partial charge in [0, 0.05) is 0 Å². The molecule has 0 bridgehead atoms. The van der Waals surface area contributed by atoms with Gasteiger partial charge in [-0.15, -0.1) is 0 Å². The number of carbonyl (C=O) groups is 1. The summed E-state index contributed by atoms with van der Waals surface area (Å²) >= 11 is 0. The van der Waals surface area contributed by atoms with Crippen LogP contribution in [-0.4, -0.2) is 46.4 Å². The average molecular weight is 377 g/mol. The van der Waals surface area contributed by atoms with Crippen LogP contribution in [0.4, 0.5) is 0 Å². The van der Waals surface area contributed by atoms with Crippen molar-refractivity contribution in [2.75, 3.05) is 13.2 Å². The molecule has 0 saturated heterocycles. The first kappa shape index (κ1) is 24.3. The average Bonchev–Trinajstić information content (AvgIpc) is 2.43. The first-order valence-electron chi connectivity index (χ1n) is 8.32. The molecule has 0 radical (unpaired) electrons. The van der Waals surface area contributed by atoms with Gasteiger partial charge in [-0.05, 0) is 0 Å². The number of carboxylic acid groups (broad SMARTS) is 1. The predicted molar refractivity (Wildman–Crippen MR) is 95.7 cm³/mol. The van der Waals surface area contributed by atoms with Gasteiger partial charge in [0.2, 0.25) is 0 Å². The van der Waals surface area contributed by atoms with Gasteiger partial charge in [-0.25, -0.2) is 0 Å². The molecule has 0 aromatic heterocycles. The monoisotopic (exact) mass is 377 g/mol. The van der Waals surface area contributed by atoms with E-state index >= 15 is 0 Å². The number of ether oxygens (including phenoxy) is 2. The van der Waals surface area contributed by atoms with E-state index in [0.717, 1.165) is 0 Å². The van der Waals surface area contributed by atoms with E-state index in [0.29, 0.717) is 0 Å². The topological polar surface area (TPSA) is 85.3 Å². The van der Waals surface area contributed by atoms with E-state index in [1.807, 2.05) is 20.8 Å². The SMILES string of the molecule is CCOC(OCC)(N(OC(C)(C)C(=O)O)C(C)(C)C)C(C)(C)C#P=O. The van der Waals surface area contributed by atoms with E-state index in [-0.39, 0.29) is 21.1 Å². The van der Waals surface area contributed by atoms with Gasteiger partial charge in [0.25, 0.3) is 0 Å². The molecule has 0 aromatic carbocycles. The Morgan fingerprint density at radius 2 is 1.48 bits per heavy atom. The molecule has 1 N–H and O–H groups in total. The molecule has 0 unspecified atom stereocenters. The third-order valence-corrected chi connectivity index (χ3v) is 4.16. The third-order valence-electron chi connectivity index (χ3n) is 3.51. The minimum atomic E-state index is -1.53. The fraction of sp³-hybridized carbons (Fsp3) is 0.882. The van der Waals surface area contributed by atoms with Crippen LogP contribution in [0.15, 0.2) is 0 Å². The van der Waals surface area contributed by atoms with Crippen molar-refractivity contribution in [3.05, 3.63) is 0 Å². The third kappa shape index (κ3) is 5.65. The van der Waals surface area contributed by atoms with Crippen LogP contribution in [0.5, 0.6) is 0 Å². The first-order chi connectivity index (χ1) is 11.2. The molecule has 0 amide bonds. The number of hydrogen-bond acceptors (Lipinski definition) is 6. The van der Waals surface area contributed by atoms with E-state index in [2.05, 4.69) is 5.63 Å². The van der Waals surface area contributed by atoms with Crippen LogP contribution in [0.1, 0.15) is 62.3 Å². The molecule has 8 heteroatoms. The quantitative estimate of drug-likeness (QED) is 0.371. The number of nitrogens with zero attached hydrogens (tertiary/aromatic N) is 1. The van der Waals surface area contributed by atoms with E-state index in [1.54, 1.807) is 27.7 Å². The molecule has 0 heterocycles. The van der Waals surface area contributed by atoms with E-state index < -0.39 is 28.4 Å². The van der Waals surface area contributed by atoms with Gasteiger partial charge in [-0.2, -0.15) is 0 Å². The number of rotatable bonds is 9. The van der Waals surface area contributed by atoms with E-state index in [1.165, 1.54) is 18.9 Å². The molecule has 0 saturated carbocycles. The molecular weight excluding hydrogens is 345 g/mol. The molecule has 7 nitrogen and oxygen atoms in total. The normalized spacial score (nSPS) is 13.7. The molecule has 0 aliphatic heterocycles. The fourth-order valence-electron chi connectivity index (χ4n) is 2.26. The van der Waals surface area contributed by atoms with Crippen LogP contribution >= 0.6 is 7.92 Å². The van der Waals surface area contributed by atoms with Crippen molar-refractivity contribution in [1.29, 1.82) is 0 Å². The Labute approximate surface area is 152 Å². The summed E-state index contributed by atoms with van der Waals surface area (Å²) in [5.74, 6) is -2.66. The summed E-state index contributed by atoms with van der Waals surface area (Å²) in [6.07, 6.45) is 0. The predicted octanol–water partition coefficient (Wildman–Crippen LogP) is 3.89. The van der Waals surface area contributed by atoms with Crippen molar-refractivity contribution in [3.63, 3.8) is 0 Å². The van der Waals surface area contributed by atoms with Crippen LogP contribution in [0.3, 0.4) is 0 Å². The second-order valence-electron chi connectivity index (χ2n) is 7.65. The Balaban J connectivity index is 6.57. The van der Waals surface area contributed by atoms with Crippen molar-refractivity contribution in [1.82, 2.24) is 5.06 Å². The van der Waals surface area contributed by atoms with Crippen molar-refractivity contribution in [2.45, 2.75) is 79.4 Å². The van der Waals surface area contributed by atoms with Crippen molar-refractivity contribution < 1.29 is 28.8 Å². The van der Waals surface area contributed by atoms with Crippen molar-refractivity contribution in [3.8, 4) is 5.63 Å². The number of carboxylic acids is 1. The zero-order valence-corrected chi connectivity index (χ0v) is 17.7.